The highest BCUT2D eigenvalue weighted by molar-refractivity contribution is 5.68. The molecule has 0 atom stereocenters. The predicted octanol–water partition coefficient (Wildman–Crippen LogP) is 3.63. The molecule has 21 heavy (non-hydrogen) atoms. The van der Waals surface area contributed by atoms with Gasteiger partial charge in [0.1, 0.15) is 0 Å². The molecule has 0 amide bonds. The Morgan fingerprint density at radius 3 is 1.14 bits per heavy atom. The zero-order valence-corrected chi connectivity index (χ0v) is 12.8. The Morgan fingerprint density at radius 1 is 0.714 bits per heavy atom. The summed E-state index contributed by atoms with van der Waals surface area (Å²) in [4.78, 5) is 12.3. The molecule has 5 nitrogen and oxygen atoms in total. The second-order valence-corrected chi connectivity index (χ2v) is 4.96. The molecule has 0 saturated carbocycles. The zero-order chi connectivity index (χ0) is 15.8. The molecule has 0 unspecified atom stereocenters. The number of benzene rings is 2. The Hall–Kier alpha value is -2.56. The molecule has 1 N–H and O–H groups in total. The Kier molecular flexibility index (Phi) is 6.20. The zero-order valence-electron chi connectivity index (χ0n) is 12.8. The minimum Gasteiger partial charge on any atom is -0.379 e. The summed E-state index contributed by atoms with van der Waals surface area (Å²) in [5, 5.41) is 7.89. The fraction of sp³-hybridized carbons (Fsp3) is 0.250. The summed E-state index contributed by atoms with van der Waals surface area (Å²) in [6.45, 7) is 0. The molecule has 0 aliphatic carbocycles. The molecule has 5 heteroatoms. The highest BCUT2D eigenvalue weighted by atomic mass is 16.6. The summed E-state index contributed by atoms with van der Waals surface area (Å²) in [5.41, 5.74) is 4.96. The van der Waals surface area contributed by atoms with Crippen LogP contribution in [0.1, 0.15) is 0 Å². The molecular formula is C16H21N3O2. The minimum absolute atomic E-state index is 1.23. The summed E-state index contributed by atoms with van der Waals surface area (Å²) in [6, 6.07) is 17.3. The van der Waals surface area contributed by atoms with E-state index in [1.165, 1.54) is 27.8 Å². The highest BCUT2D eigenvalue weighted by Gasteiger charge is 2.00. The van der Waals surface area contributed by atoms with E-state index in [0.717, 1.165) is 0 Å². The molecule has 2 aromatic carbocycles. The van der Waals surface area contributed by atoms with Crippen molar-refractivity contribution >= 4 is 11.4 Å². The summed E-state index contributed by atoms with van der Waals surface area (Å²) in [7, 11) is 8.23. The van der Waals surface area contributed by atoms with E-state index in [2.05, 4.69) is 86.5 Å². The van der Waals surface area contributed by atoms with Gasteiger partial charge in [-0.25, -0.2) is 0 Å². The standard InChI is InChI=1S/C16H20N2.HNO2/c1-17(2)15-9-5-13(6-10-15)14-7-11-16(12-8-14)18(3)4;2-1-3/h5-12H,1-4H3;(H,2,3). The van der Waals surface area contributed by atoms with Crippen LogP contribution in [0.4, 0.5) is 11.4 Å². The van der Waals surface area contributed by atoms with Crippen molar-refractivity contribution in [3.63, 3.8) is 0 Å². The van der Waals surface area contributed by atoms with Crippen molar-refractivity contribution in [3.05, 3.63) is 53.4 Å². The Labute approximate surface area is 125 Å². The molecule has 0 saturated heterocycles. The van der Waals surface area contributed by atoms with Gasteiger partial charge < -0.3 is 15.0 Å². The van der Waals surface area contributed by atoms with E-state index < -0.39 is 0 Å². The molecule has 0 aliphatic heterocycles. The topological polar surface area (TPSA) is 56.1 Å². The number of anilines is 2. The largest absolute Gasteiger partial charge is 0.379 e. The van der Waals surface area contributed by atoms with Gasteiger partial charge in [0.15, 0.2) is 5.34 Å². The Morgan fingerprint density at radius 2 is 0.952 bits per heavy atom. The van der Waals surface area contributed by atoms with Crippen LogP contribution in [-0.4, -0.2) is 33.4 Å². The van der Waals surface area contributed by atoms with Crippen LogP contribution in [0.2, 0.25) is 0 Å². The number of hydrogen-bond donors (Lipinski definition) is 1. The first kappa shape index (κ1) is 16.5. The van der Waals surface area contributed by atoms with Gasteiger partial charge in [-0.15, -0.1) is 4.91 Å². The lowest BCUT2D eigenvalue weighted by molar-refractivity contribution is 0.312. The molecule has 0 radical (unpaired) electrons. The average molecular weight is 287 g/mol. The maximum atomic E-state index is 8.11. The second-order valence-electron chi connectivity index (χ2n) is 4.96. The van der Waals surface area contributed by atoms with Crippen molar-refractivity contribution in [1.82, 2.24) is 0 Å². The molecule has 0 bridgehead atoms. The molecule has 0 aromatic heterocycles. The first-order chi connectivity index (χ1) is 9.99. The van der Waals surface area contributed by atoms with E-state index in [1.54, 1.807) is 0 Å². The van der Waals surface area contributed by atoms with E-state index in [1.807, 2.05) is 0 Å². The van der Waals surface area contributed by atoms with Gasteiger partial charge in [0, 0.05) is 39.6 Å². The molecule has 0 aliphatic rings. The third-order valence-electron chi connectivity index (χ3n) is 3.10. The van der Waals surface area contributed by atoms with Gasteiger partial charge in [0.25, 0.3) is 0 Å². The van der Waals surface area contributed by atoms with Gasteiger partial charge in [-0.2, -0.15) is 0 Å². The minimum atomic E-state index is 1.23. The molecule has 112 valence electrons. The summed E-state index contributed by atoms with van der Waals surface area (Å²) >= 11 is 0. The fourth-order valence-corrected chi connectivity index (χ4v) is 1.90. The first-order valence-corrected chi connectivity index (χ1v) is 6.51. The highest BCUT2D eigenvalue weighted by Crippen LogP contribution is 2.24. The molecule has 0 heterocycles. The van der Waals surface area contributed by atoms with Gasteiger partial charge in [0.2, 0.25) is 0 Å². The lowest BCUT2D eigenvalue weighted by atomic mass is 10.0. The molecular weight excluding hydrogens is 266 g/mol. The lowest BCUT2D eigenvalue weighted by Gasteiger charge is -2.14. The second kappa shape index (κ2) is 7.89. The lowest BCUT2D eigenvalue weighted by Crippen LogP contribution is -2.08. The van der Waals surface area contributed by atoms with Crippen LogP contribution in [-0.2, 0) is 0 Å². The molecule has 2 aromatic rings. The van der Waals surface area contributed by atoms with Crippen molar-refractivity contribution in [1.29, 1.82) is 0 Å². The maximum absolute atomic E-state index is 8.11. The maximum Gasteiger partial charge on any atom is 0.152 e. The van der Waals surface area contributed by atoms with Gasteiger partial charge in [-0.1, -0.05) is 24.3 Å². The normalized spacial score (nSPS) is 9.33. The van der Waals surface area contributed by atoms with Crippen LogP contribution in [0.25, 0.3) is 11.1 Å². The quantitative estimate of drug-likeness (QED) is 0.692. The average Bonchev–Trinajstić information content (AvgIpc) is 2.48. The summed E-state index contributed by atoms with van der Waals surface area (Å²) in [6.07, 6.45) is 0. The fourth-order valence-electron chi connectivity index (χ4n) is 1.90. The van der Waals surface area contributed by atoms with Gasteiger partial charge in [0.05, 0.1) is 0 Å². The Bertz CT molecular complexity index is 499. The van der Waals surface area contributed by atoms with Crippen LogP contribution in [0.15, 0.2) is 53.9 Å². The summed E-state index contributed by atoms with van der Waals surface area (Å²) < 4.78 is 0. The van der Waals surface area contributed by atoms with Crippen LogP contribution in [0.5, 0.6) is 0 Å². The van der Waals surface area contributed by atoms with Crippen molar-refractivity contribution in [3.8, 4) is 11.1 Å². The summed E-state index contributed by atoms with van der Waals surface area (Å²) in [5.74, 6) is 0. The van der Waals surface area contributed by atoms with Crippen LogP contribution < -0.4 is 9.80 Å². The van der Waals surface area contributed by atoms with E-state index in [9.17, 15) is 0 Å². The molecule has 0 fully saturated rings. The van der Waals surface area contributed by atoms with Crippen molar-refractivity contribution < 1.29 is 5.21 Å². The van der Waals surface area contributed by atoms with E-state index >= 15 is 0 Å². The van der Waals surface area contributed by atoms with Crippen LogP contribution in [0.3, 0.4) is 0 Å². The van der Waals surface area contributed by atoms with Crippen LogP contribution in [0, 0.1) is 4.91 Å². The van der Waals surface area contributed by atoms with Crippen LogP contribution >= 0.6 is 0 Å². The third-order valence-corrected chi connectivity index (χ3v) is 3.10. The predicted molar refractivity (Wildman–Crippen MR) is 88.1 cm³/mol. The van der Waals surface area contributed by atoms with Gasteiger partial charge >= 0.3 is 0 Å². The SMILES string of the molecule is CN(C)c1ccc(-c2ccc(N(C)C)cc2)cc1.O=NO. The monoisotopic (exact) mass is 287 g/mol. The van der Waals surface area contributed by atoms with Crippen molar-refractivity contribution in [2.75, 3.05) is 38.0 Å². The van der Waals surface area contributed by atoms with Gasteiger partial charge in [-0.3, -0.25) is 0 Å². The number of hydrogen-bond acceptors (Lipinski definition) is 4. The molecule has 2 rings (SSSR count). The van der Waals surface area contributed by atoms with E-state index in [-0.39, 0.29) is 0 Å². The third kappa shape index (κ3) is 4.80. The number of nitrogens with zero attached hydrogens (tertiary/aromatic N) is 3. The first-order valence-electron chi connectivity index (χ1n) is 6.51. The number of rotatable bonds is 3. The molecule has 0 spiro atoms. The smallest absolute Gasteiger partial charge is 0.152 e. The van der Waals surface area contributed by atoms with Gasteiger partial charge in [-0.05, 0) is 35.4 Å². The van der Waals surface area contributed by atoms with Crippen molar-refractivity contribution in [2.24, 2.45) is 5.34 Å². The van der Waals surface area contributed by atoms with E-state index in [4.69, 9.17) is 10.1 Å². The van der Waals surface area contributed by atoms with Crippen molar-refractivity contribution in [2.45, 2.75) is 0 Å². The Balaban J connectivity index is 0.000000677. The van der Waals surface area contributed by atoms with E-state index in [0.29, 0.717) is 0 Å².